The summed E-state index contributed by atoms with van der Waals surface area (Å²) < 4.78 is 2.17. The molecule has 96 heavy (non-hydrogen) atoms. The van der Waals surface area contributed by atoms with Gasteiger partial charge in [-0.2, -0.15) is 0 Å². The molecule has 0 atom stereocenters. The van der Waals surface area contributed by atoms with Crippen molar-refractivity contribution < 1.29 is 0 Å². The van der Waals surface area contributed by atoms with Gasteiger partial charge in [0.1, 0.15) is 9.28 Å². The van der Waals surface area contributed by atoms with E-state index in [1.807, 2.05) is 136 Å². The van der Waals surface area contributed by atoms with Crippen LogP contribution in [0.4, 0.5) is 0 Å². The number of nitrogens with one attached hydrogen (secondary N) is 12. The molecule has 0 bridgehead atoms. The van der Waals surface area contributed by atoms with Gasteiger partial charge in [-0.25, -0.2) is 14.8 Å². The van der Waals surface area contributed by atoms with E-state index in [9.17, 15) is 43.2 Å². The molecule has 12 aromatic rings. The lowest BCUT2D eigenvalue weighted by atomic mass is 10.3. The summed E-state index contributed by atoms with van der Waals surface area (Å²) in [5.74, 6) is 0. The molecule has 0 aliphatic rings. The van der Waals surface area contributed by atoms with E-state index in [0.717, 1.165) is 71.0 Å². The number of nitrogens with zero attached hydrogens (tertiary/aromatic N) is 2. The van der Waals surface area contributed by atoms with Gasteiger partial charge in [0.25, 0.3) is 11.1 Å². The molecule has 0 aliphatic heterocycles. The van der Waals surface area contributed by atoms with Crippen LogP contribution in [-0.2, 0) is 0 Å². The molecule has 504 valence electrons. The Hall–Kier alpha value is -11.5. The standard InChI is InChI=1S/8C6H7NO.2C6H7NS.C5H6N2O.C5H6N2S/c2*1-5-2-3-7-6(8)4-5;2*1-5-2-3-6(8)7-4-5;2*1-5-3-2-4-7-6(5)8;2*1-5-3-2-4-6(8)7-5;1-5-2-3-7-6(8)4-5;1-5-3-2-4-7-6(5)8;2*1-4-2-3-6-5(8)7-4/h10*2-4H,1H3,(H,7,8);2*2-3H,1H3,(H,6,7,8). The average Bonchev–Trinajstić information content (AvgIpc) is 3.09. The van der Waals surface area contributed by atoms with E-state index in [2.05, 4.69) is 69.8 Å². The Bertz CT molecular complexity index is 4220. The molecule has 0 aromatic carbocycles. The molecular formula is C70H82N14O9S3. The third-order valence-electron chi connectivity index (χ3n) is 11.2. The van der Waals surface area contributed by atoms with Crippen molar-refractivity contribution in [3.05, 3.63) is 382 Å². The highest BCUT2D eigenvalue weighted by Gasteiger charge is 1.88. The molecule has 0 saturated carbocycles. The minimum Gasteiger partial charge on any atom is -0.353 e. The summed E-state index contributed by atoms with van der Waals surface area (Å²) in [6.07, 6.45) is 16.7. The zero-order chi connectivity index (χ0) is 71.8. The number of H-pyrrole nitrogens is 12. The number of aromatic nitrogens is 14. The van der Waals surface area contributed by atoms with Crippen molar-refractivity contribution in [3.8, 4) is 0 Å². The molecule has 26 heteroatoms. The molecule has 12 N–H and O–H groups in total. The first-order chi connectivity index (χ1) is 45.5. The Kier molecular flexibility index (Phi) is 41.5. The third kappa shape index (κ3) is 44.1. The number of rotatable bonds is 0. The predicted molar refractivity (Wildman–Crippen MR) is 391 cm³/mol. The molecule has 0 spiro atoms. The Balaban J connectivity index is 0.000000524. The SMILES string of the molecule is Cc1cc[nH]c(=O)c1.Cc1cc[nH]c(=O)c1.Cc1cc[nH]c(=S)c1.Cc1ccc(=O)[nH]c1.Cc1ccc(=O)[nH]c1.Cc1ccc[nH]c1=O.Cc1ccc[nH]c1=O.Cc1ccc[nH]c1=S.Cc1cccc(=O)[nH]1.Cc1cccc(=O)[nH]1.Cc1ccnc(=O)[nH]1.Cc1ccnc(=S)[nH]1. The van der Waals surface area contributed by atoms with Gasteiger partial charge in [-0.05, 0) is 195 Å². The van der Waals surface area contributed by atoms with E-state index in [-0.39, 0.29) is 50.2 Å². The predicted octanol–water partition coefficient (Wildman–Crippen LogP) is 11.1. The van der Waals surface area contributed by atoms with E-state index < -0.39 is 0 Å². The quantitative estimate of drug-likeness (QED) is 0.0628. The first kappa shape index (κ1) is 82.5. The van der Waals surface area contributed by atoms with Gasteiger partial charge in [-0.15, -0.1) is 0 Å². The van der Waals surface area contributed by atoms with Gasteiger partial charge < -0.3 is 59.8 Å². The van der Waals surface area contributed by atoms with Crippen LogP contribution in [0.5, 0.6) is 0 Å². The van der Waals surface area contributed by atoms with E-state index in [1.165, 1.54) is 36.0 Å². The van der Waals surface area contributed by atoms with Gasteiger partial charge in [0.2, 0.25) is 33.4 Å². The van der Waals surface area contributed by atoms with Crippen LogP contribution in [0.2, 0.25) is 0 Å². The van der Waals surface area contributed by atoms with Gasteiger partial charge in [0, 0.05) is 132 Å². The highest BCUT2D eigenvalue weighted by molar-refractivity contribution is 7.71. The molecule has 12 heterocycles. The van der Waals surface area contributed by atoms with Crippen molar-refractivity contribution >= 4 is 36.7 Å². The number of aryl methyl sites for hydroxylation is 12. The minimum atomic E-state index is -0.287. The summed E-state index contributed by atoms with van der Waals surface area (Å²) in [4.78, 5) is 133. The number of pyridine rings is 10. The Morgan fingerprint density at radius 1 is 0.292 bits per heavy atom. The van der Waals surface area contributed by atoms with E-state index >= 15 is 0 Å². The lowest BCUT2D eigenvalue weighted by Crippen LogP contribution is -2.08. The zero-order valence-corrected chi connectivity index (χ0v) is 57.9. The van der Waals surface area contributed by atoms with Gasteiger partial charge in [-0.3, -0.25) is 38.4 Å². The van der Waals surface area contributed by atoms with Crippen LogP contribution in [0, 0.1) is 97.1 Å². The van der Waals surface area contributed by atoms with Crippen molar-refractivity contribution in [1.82, 2.24) is 69.8 Å². The van der Waals surface area contributed by atoms with Crippen molar-refractivity contribution in [2.45, 2.75) is 83.1 Å². The fraction of sp³-hybridized carbons (Fsp3) is 0.171. The monoisotopic (exact) mass is 1360 g/mol. The number of hydrogen-bond acceptors (Lipinski definition) is 14. The van der Waals surface area contributed by atoms with Crippen LogP contribution < -0.4 is 50.2 Å². The maximum atomic E-state index is 10.6. The summed E-state index contributed by atoms with van der Waals surface area (Å²) in [5.41, 5.74) is 11.1. The second kappa shape index (κ2) is 48.3. The van der Waals surface area contributed by atoms with Gasteiger partial charge in [-0.1, -0.05) is 66.9 Å². The first-order valence-corrected chi connectivity index (χ1v) is 30.3. The Morgan fingerprint density at radius 3 is 0.906 bits per heavy atom. The zero-order valence-electron chi connectivity index (χ0n) is 55.4. The molecular weight excluding hydrogens is 1280 g/mol. The van der Waals surface area contributed by atoms with Crippen molar-refractivity contribution in [3.63, 3.8) is 0 Å². The second-order valence-corrected chi connectivity index (χ2v) is 21.4. The Labute approximate surface area is 568 Å². The average molecular weight is 1360 g/mol. The molecule has 0 saturated heterocycles. The van der Waals surface area contributed by atoms with Crippen LogP contribution in [0.1, 0.15) is 67.3 Å². The highest BCUT2D eigenvalue weighted by atomic mass is 32.1. The second-order valence-electron chi connectivity index (χ2n) is 20.2. The fourth-order valence-electron chi connectivity index (χ4n) is 6.18. The molecule has 0 radical (unpaired) electrons. The molecule has 12 aromatic heterocycles. The maximum absolute atomic E-state index is 10.6. The summed E-state index contributed by atoms with van der Waals surface area (Å²) >= 11 is 14.5. The lowest BCUT2D eigenvalue weighted by Gasteiger charge is -1.86. The van der Waals surface area contributed by atoms with E-state index in [1.54, 1.807) is 124 Å². The number of aromatic amines is 12. The molecule has 12 rings (SSSR count). The summed E-state index contributed by atoms with van der Waals surface area (Å²) in [7, 11) is 0. The van der Waals surface area contributed by atoms with E-state index in [0.29, 0.717) is 4.77 Å². The highest BCUT2D eigenvalue weighted by Crippen LogP contribution is 1.95. The van der Waals surface area contributed by atoms with Crippen LogP contribution in [0.3, 0.4) is 0 Å². The largest absolute Gasteiger partial charge is 0.353 e. The number of hydrogen-bond donors (Lipinski definition) is 12. The van der Waals surface area contributed by atoms with Crippen LogP contribution >= 0.6 is 36.7 Å². The topological polar surface area (TPSA) is 369 Å². The van der Waals surface area contributed by atoms with Gasteiger partial charge in [0.05, 0.1) is 0 Å². The van der Waals surface area contributed by atoms with Gasteiger partial charge in [0.15, 0.2) is 4.77 Å². The lowest BCUT2D eigenvalue weighted by molar-refractivity contribution is 1.03. The normalized spacial score (nSPS) is 9.12. The molecule has 23 nitrogen and oxygen atoms in total. The molecule has 0 aliphatic carbocycles. The Morgan fingerprint density at radius 2 is 0.688 bits per heavy atom. The molecule has 0 fully saturated rings. The summed E-state index contributed by atoms with van der Waals surface area (Å²) in [6, 6.07) is 42.1. The van der Waals surface area contributed by atoms with Crippen molar-refractivity contribution in [2.24, 2.45) is 0 Å². The van der Waals surface area contributed by atoms with Crippen LogP contribution in [-0.4, -0.2) is 69.8 Å². The molecule has 0 amide bonds. The summed E-state index contributed by atoms with van der Waals surface area (Å²) in [5, 5.41) is 0. The van der Waals surface area contributed by atoms with Gasteiger partial charge >= 0.3 is 5.69 Å². The van der Waals surface area contributed by atoms with E-state index in [4.69, 9.17) is 36.7 Å². The van der Waals surface area contributed by atoms with Crippen molar-refractivity contribution in [1.29, 1.82) is 0 Å². The van der Waals surface area contributed by atoms with Crippen molar-refractivity contribution in [2.75, 3.05) is 0 Å². The smallest absolute Gasteiger partial charge is 0.345 e. The maximum Gasteiger partial charge on any atom is 0.345 e. The molecule has 0 unspecified atom stereocenters. The summed E-state index contributed by atoms with van der Waals surface area (Å²) in [6.45, 7) is 22.6. The van der Waals surface area contributed by atoms with Crippen LogP contribution in [0.15, 0.2) is 251 Å². The first-order valence-electron chi connectivity index (χ1n) is 29.1. The van der Waals surface area contributed by atoms with Crippen LogP contribution in [0.25, 0.3) is 0 Å². The third-order valence-corrected chi connectivity index (χ3v) is 12.1. The fourth-order valence-corrected chi connectivity index (χ4v) is 6.80. The minimum absolute atomic E-state index is 0.00694.